The molecule has 27 heavy (non-hydrogen) atoms. The molecule has 1 saturated carbocycles. The van der Waals surface area contributed by atoms with E-state index in [1.807, 2.05) is 6.92 Å². The van der Waals surface area contributed by atoms with Crippen LogP contribution in [-0.4, -0.2) is 46.0 Å². The summed E-state index contributed by atoms with van der Waals surface area (Å²) < 4.78 is 19.6. The summed E-state index contributed by atoms with van der Waals surface area (Å²) in [6.07, 6.45) is 5.88. The van der Waals surface area contributed by atoms with Crippen LogP contribution in [0.15, 0.2) is 18.7 Å². The van der Waals surface area contributed by atoms with Crippen molar-refractivity contribution in [2.45, 2.75) is 63.8 Å². The molecule has 5 aliphatic rings. The second kappa shape index (κ2) is 6.01. The van der Waals surface area contributed by atoms with Gasteiger partial charge in [-0.3, -0.25) is 0 Å². The zero-order valence-electron chi connectivity index (χ0n) is 15.9. The molecule has 1 spiro atoms. The number of fused-ring (bicyclic) bond motifs is 2. The molecule has 8 nitrogen and oxygen atoms in total. The second-order valence-corrected chi connectivity index (χ2v) is 8.65. The molecule has 1 aliphatic carbocycles. The van der Waals surface area contributed by atoms with Gasteiger partial charge in [-0.05, 0) is 31.6 Å². The Hall–Kier alpha value is -1.48. The first kappa shape index (κ1) is 17.6. The predicted octanol–water partition coefficient (Wildman–Crippen LogP) is 2.73. The fraction of sp³-hybridized carbons (Fsp3) is 0.789. The fourth-order valence-electron chi connectivity index (χ4n) is 5.52. The lowest BCUT2D eigenvalue weighted by atomic mass is 9.57. The summed E-state index contributed by atoms with van der Waals surface area (Å²) in [4.78, 5) is 28.3. The highest BCUT2D eigenvalue weighted by Crippen LogP contribution is 2.59. The Balaban J connectivity index is 1.48. The molecule has 8 heteroatoms. The summed E-state index contributed by atoms with van der Waals surface area (Å²) in [5.74, 6) is -0.200. The van der Waals surface area contributed by atoms with Crippen LogP contribution >= 0.6 is 0 Å². The normalized spacial score (nSPS) is 48.6. The van der Waals surface area contributed by atoms with Crippen LogP contribution in [0, 0.1) is 23.7 Å². The van der Waals surface area contributed by atoms with Crippen LogP contribution in [-0.2, 0) is 24.0 Å². The number of carbonyl (C=O) groups excluding carboxylic acids is 1. The highest BCUT2D eigenvalue weighted by atomic mass is 17.3. The molecular weight excluding hydrogens is 352 g/mol. The molecule has 0 aromatic carbocycles. The van der Waals surface area contributed by atoms with Gasteiger partial charge in [0.05, 0.1) is 6.61 Å². The lowest BCUT2D eigenvalue weighted by Gasteiger charge is -2.59. The van der Waals surface area contributed by atoms with Gasteiger partial charge in [0.25, 0.3) is 0 Å². The molecule has 8 atom stereocenters. The molecule has 0 N–H and O–H groups in total. The zero-order valence-corrected chi connectivity index (χ0v) is 15.9. The minimum atomic E-state index is -0.791. The Morgan fingerprint density at radius 3 is 2.93 bits per heavy atom. The van der Waals surface area contributed by atoms with Crippen LogP contribution in [0.3, 0.4) is 0 Å². The standard InChI is InChI=1S/C19H26N2O6/c1-11-9-23-16-19-13(4-5-18(3,25-16)26-27-19)12(2)15(8-14(11)19)24-17(22)21-7-6-20-10-21/h6-7,10-16H,4-5,8-9H2,1-3H3/t11-,12-,13-,14-,15-,16+,18?,19+/m0/s1. The van der Waals surface area contributed by atoms with Crippen molar-refractivity contribution >= 4 is 6.09 Å². The van der Waals surface area contributed by atoms with Crippen LogP contribution in [0.25, 0.3) is 0 Å². The summed E-state index contributed by atoms with van der Waals surface area (Å²) in [5.41, 5.74) is -0.648. The van der Waals surface area contributed by atoms with Crippen molar-refractivity contribution in [1.29, 1.82) is 0 Å². The van der Waals surface area contributed by atoms with Gasteiger partial charge in [0.1, 0.15) is 12.4 Å². The number of carbonyl (C=O) groups is 1. The van der Waals surface area contributed by atoms with Crippen LogP contribution in [0.4, 0.5) is 4.79 Å². The van der Waals surface area contributed by atoms with Crippen molar-refractivity contribution in [3.05, 3.63) is 18.7 Å². The van der Waals surface area contributed by atoms with E-state index in [1.54, 1.807) is 12.4 Å². The first-order valence-corrected chi connectivity index (χ1v) is 9.78. The molecule has 1 aromatic heterocycles. The van der Waals surface area contributed by atoms with Gasteiger partial charge in [-0.2, -0.15) is 0 Å². The molecule has 5 heterocycles. The van der Waals surface area contributed by atoms with E-state index in [2.05, 4.69) is 18.8 Å². The van der Waals surface area contributed by atoms with Gasteiger partial charge in [-0.25, -0.2) is 24.1 Å². The highest BCUT2D eigenvalue weighted by molar-refractivity contribution is 5.70. The Bertz CT molecular complexity index is 726. The number of nitrogens with zero attached hydrogens (tertiary/aromatic N) is 2. The quantitative estimate of drug-likeness (QED) is 0.695. The van der Waals surface area contributed by atoms with E-state index < -0.39 is 23.8 Å². The highest BCUT2D eigenvalue weighted by Gasteiger charge is 2.69. The van der Waals surface area contributed by atoms with Gasteiger partial charge < -0.3 is 14.2 Å². The van der Waals surface area contributed by atoms with Crippen molar-refractivity contribution in [2.75, 3.05) is 6.61 Å². The van der Waals surface area contributed by atoms with Gasteiger partial charge in [0.2, 0.25) is 5.79 Å². The molecule has 0 radical (unpaired) electrons. The van der Waals surface area contributed by atoms with Gasteiger partial charge in [-0.1, -0.05) is 13.8 Å². The van der Waals surface area contributed by atoms with Crippen LogP contribution in [0.5, 0.6) is 0 Å². The molecule has 2 bridgehead atoms. The number of hydrogen-bond donors (Lipinski definition) is 0. The third-order valence-electron chi connectivity index (χ3n) is 7.03. The van der Waals surface area contributed by atoms with E-state index in [1.165, 1.54) is 10.9 Å². The number of rotatable bonds is 1. The molecule has 6 rings (SSSR count). The van der Waals surface area contributed by atoms with E-state index in [0.29, 0.717) is 19.4 Å². The Morgan fingerprint density at radius 1 is 1.30 bits per heavy atom. The first-order valence-electron chi connectivity index (χ1n) is 9.78. The summed E-state index contributed by atoms with van der Waals surface area (Å²) >= 11 is 0. The molecular formula is C19H26N2O6. The molecule has 5 fully saturated rings. The largest absolute Gasteiger partial charge is 0.445 e. The van der Waals surface area contributed by atoms with Crippen molar-refractivity contribution < 1.29 is 28.8 Å². The number of aromatic nitrogens is 2. The van der Waals surface area contributed by atoms with Crippen molar-refractivity contribution in [3.8, 4) is 0 Å². The average molecular weight is 378 g/mol. The van der Waals surface area contributed by atoms with Crippen LogP contribution < -0.4 is 0 Å². The zero-order chi connectivity index (χ0) is 18.8. The third-order valence-corrected chi connectivity index (χ3v) is 7.03. The van der Waals surface area contributed by atoms with E-state index >= 15 is 0 Å². The van der Waals surface area contributed by atoms with E-state index in [9.17, 15) is 4.79 Å². The SMILES string of the molecule is C[C@@H]1[C@@H](OC(=O)n2ccnc2)C[C@H]2[C@@H](C)CO[C@@H]3OC4(C)CC[C@@H]1[C@]32OO4. The van der Waals surface area contributed by atoms with Gasteiger partial charge in [0, 0.05) is 30.7 Å². The maximum atomic E-state index is 12.5. The molecule has 1 aromatic rings. The van der Waals surface area contributed by atoms with Gasteiger partial charge in [-0.15, -0.1) is 0 Å². The average Bonchev–Trinajstić information content (AvgIpc) is 3.09. The number of ether oxygens (including phenoxy) is 3. The summed E-state index contributed by atoms with van der Waals surface area (Å²) in [5, 5.41) is 0. The van der Waals surface area contributed by atoms with Crippen LogP contribution in [0.2, 0.25) is 0 Å². The van der Waals surface area contributed by atoms with Crippen LogP contribution in [0.1, 0.15) is 40.0 Å². The maximum absolute atomic E-state index is 12.5. The first-order chi connectivity index (χ1) is 12.9. The van der Waals surface area contributed by atoms with Crippen molar-refractivity contribution in [3.63, 3.8) is 0 Å². The monoisotopic (exact) mass is 378 g/mol. The summed E-state index contributed by atoms with van der Waals surface area (Å²) in [6.45, 7) is 6.77. The number of hydrogen-bond acceptors (Lipinski definition) is 7. The molecule has 4 aliphatic heterocycles. The lowest BCUT2D eigenvalue weighted by molar-refractivity contribution is -0.568. The van der Waals surface area contributed by atoms with Gasteiger partial charge >= 0.3 is 6.09 Å². The summed E-state index contributed by atoms with van der Waals surface area (Å²) in [6, 6.07) is 0. The predicted molar refractivity (Wildman–Crippen MR) is 91.2 cm³/mol. The van der Waals surface area contributed by atoms with Crippen molar-refractivity contribution in [1.82, 2.24) is 9.55 Å². The lowest BCUT2D eigenvalue weighted by Crippen LogP contribution is -2.70. The van der Waals surface area contributed by atoms with E-state index in [-0.39, 0.29) is 29.8 Å². The van der Waals surface area contributed by atoms with E-state index in [4.69, 9.17) is 24.0 Å². The molecule has 4 saturated heterocycles. The van der Waals surface area contributed by atoms with Gasteiger partial charge in [0.15, 0.2) is 11.9 Å². The Kier molecular flexibility index (Phi) is 3.92. The maximum Gasteiger partial charge on any atom is 0.419 e. The minimum absolute atomic E-state index is 0.0952. The van der Waals surface area contributed by atoms with Crippen molar-refractivity contribution in [2.24, 2.45) is 23.7 Å². The smallest absolute Gasteiger partial charge is 0.419 e. The molecule has 0 amide bonds. The molecule has 148 valence electrons. The van der Waals surface area contributed by atoms with E-state index in [0.717, 1.165) is 6.42 Å². The Labute approximate surface area is 158 Å². The second-order valence-electron chi connectivity index (χ2n) is 8.65. The third kappa shape index (κ3) is 2.50. The Morgan fingerprint density at radius 2 is 2.15 bits per heavy atom. The molecule has 1 unspecified atom stereocenters. The minimum Gasteiger partial charge on any atom is -0.445 e. The number of imidazole rings is 1. The fourth-order valence-corrected chi connectivity index (χ4v) is 5.52. The summed E-state index contributed by atoms with van der Waals surface area (Å²) in [7, 11) is 0. The topological polar surface area (TPSA) is 81.0 Å².